The Hall–Kier alpha value is -1.92. The van der Waals surface area contributed by atoms with Gasteiger partial charge in [0.05, 0.1) is 6.61 Å². The molecule has 1 aliphatic carbocycles. The second-order valence-corrected chi connectivity index (χ2v) is 5.58. The maximum Gasteiger partial charge on any atom is 0.328 e. The molecule has 0 bridgehead atoms. The molecule has 1 N–H and O–H groups in total. The Morgan fingerprint density at radius 3 is 2.86 bits per heavy atom. The first kappa shape index (κ1) is 14.0. The van der Waals surface area contributed by atoms with Gasteiger partial charge in [0, 0.05) is 12.5 Å². The van der Waals surface area contributed by atoms with Crippen molar-refractivity contribution in [2.24, 2.45) is 0 Å². The molecule has 1 aromatic rings. The minimum atomic E-state index is -0.505. The van der Waals surface area contributed by atoms with Gasteiger partial charge in [0.15, 0.2) is 0 Å². The number of aromatic nitrogens is 3. The first-order chi connectivity index (χ1) is 10.2. The van der Waals surface area contributed by atoms with Crippen molar-refractivity contribution in [1.29, 1.82) is 0 Å². The lowest BCUT2D eigenvalue weighted by Crippen LogP contribution is -2.49. The molecular formula is C14H20N4O3. The fraction of sp³-hybridized carbons (Fsp3) is 0.714. The van der Waals surface area contributed by atoms with Gasteiger partial charge < -0.3 is 9.64 Å². The second-order valence-electron chi connectivity index (χ2n) is 5.58. The topological polar surface area (TPSA) is 88.2 Å². The van der Waals surface area contributed by atoms with Crippen molar-refractivity contribution >= 4 is 11.9 Å². The zero-order valence-corrected chi connectivity index (χ0v) is 12.2. The Labute approximate surface area is 123 Å². The van der Waals surface area contributed by atoms with Crippen LogP contribution in [0, 0.1) is 0 Å². The number of H-pyrrole nitrogens is 1. The van der Waals surface area contributed by atoms with Crippen molar-refractivity contribution < 1.29 is 14.3 Å². The van der Waals surface area contributed by atoms with Crippen LogP contribution in [0.4, 0.5) is 0 Å². The predicted molar refractivity (Wildman–Crippen MR) is 73.7 cm³/mol. The van der Waals surface area contributed by atoms with Gasteiger partial charge in [-0.25, -0.2) is 9.78 Å². The Morgan fingerprint density at radius 2 is 2.14 bits per heavy atom. The van der Waals surface area contributed by atoms with E-state index in [2.05, 4.69) is 15.2 Å². The molecule has 1 saturated carbocycles. The number of aromatic amines is 1. The number of carbonyl (C=O) groups excluding carboxylic acids is 2. The van der Waals surface area contributed by atoms with Gasteiger partial charge >= 0.3 is 5.97 Å². The fourth-order valence-corrected chi connectivity index (χ4v) is 2.70. The smallest absolute Gasteiger partial charge is 0.328 e. The van der Waals surface area contributed by atoms with E-state index in [1.807, 2.05) is 0 Å². The number of rotatable bonds is 4. The average Bonchev–Trinajstić information content (AvgIpc) is 3.24. The summed E-state index contributed by atoms with van der Waals surface area (Å²) in [6.45, 7) is 2.64. The summed E-state index contributed by atoms with van der Waals surface area (Å²) in [4.78, 5) is 30.4. The monoisotopic (exact) mass is 292 g/mol. The summed E-state index contributed by atoms with van der Waals surface area (Å²) in [7, 11) is 0. The predicted octanol–water partition coefficient (Wildman–Crippen LogP) is 1.24. The Kier molecular flexibility index (Phi) is 3.90. The van der Waals surface area contributed by atoms with Gasteiger partial charge in [-0.1, -0.05) is 0 Å². The minimum absolute atomic E-state index is 0.160. The Bertz CT molecular complexity index is 538. The van der Waals surface area contributed by atoms with Crippen LogP contribution in [0.3, 0.4) is 0 Å². The summed E-state index contributed by atoms with van der Waals surface area (Å²) >= 11 is 0. The third-order valence-electron chi connectivity index (χ3n) is 3.98. The Balaban J connectivity index is 1.74. The number of piperidine rings is 1. The van der Waals surface area contributed by atoms with E-state index in [0.29, 0.717) is 25.5 Å². The molecule has 1 aromatic heterocycles. The van der Waals surface area contributed by atoms with Crippen molar-refractivity contribution in [3.63, 3.8) is 0 Å². The highest BCUT2D eigenvalue weighted by molar-refractivity contribution is 5.93. The molecule has 7 heteroatoms. The van der Waals surface area contributed by atoms with Crippen LogP contribution >= 0.6 is 0 Å². The van der Waals surface area contributed by atoms with Gasteiger partial charge in [-0.3, -0.25) is 9.89 Å². The SMILES string of the molecule is CCOC(=O)C1CCCCN1C(=O)c1n[nH]c(C2CC2)n1. The van der Waals surface area contributed by atoms with Crippen LogP contribution in [-0.4, -0.2) is 51.2 Å². The summed E-state index contributed by atoms with van der Waals surface area (Å²) in [5, 5.41) is 6.85. The molecule has 7 nitrogen and oxygen atoms in total. The molecule has 0 spiro atoms. The summed E-state index contributed by atoms with van der Waals surface area (Å²) in [5.41, 5.74) is 0. The van der Waals surface area contributed by atoms with Crippen LogP contribution in [0.5, 0.6) is 0 Å². The normalized spacial score (nSPS) is 22.1. The molecule has 1 saturated heterocycles. The van der Waals surface area contributed by atoms with Crippen LogP contribution in [0.15, 0.2) is 0 Å². The van der Waals surface area contributed by atoms with E-state index in [9.17, 15) is 9.59 Å². The van der Waals surface area contributed by atoms with E-state index in [0.717, 1.165) is 31.5 Å². The number of ether oxygens (including phenoxy) is 1. The van der Waals surface area contributed by atoms with Gasteiger partial charge in [0.2, 0.25) is 5.82 Å². The zero-order chi connectivity index (χ0) is 14.8. The lowest BCUT2D eigenvalue weighted by molar-refractivity contribution is -0.149. The number of esters is 1. The Morgan fingerprint density at radius 1 is 1.33 bits per heavy atom. The highest BCUT2D eigenvalue weighted by atomic mass is 16.5. The van der Waals surface area contributed by atoms with Gasteiger partial charge in [-0.2, -0.15) is 0 Å². The molecule has 1 atom stereocenters. The number of hydrogen-bond acceptors (Lipinski definition) is 5. The van der Waals surface area contributed by atoms with Gasteiger partial charge in [-0.15, -0.1) is 5.10 Å². The van der Waals surface area contributed by atoms with Crippen molar-refractivity contribution in [2.45, 2.75) is 51.0 Å². The molecule has 1 unspecified atom stereocenters. The quantitative estimate of drug-likeness (QED) is 0.843. The summed E-state index contributed by atoms with van der Waals surface area (Å²) in [6.07, 6.45) is 4.65. The molecule has 114 valence electrons. The van der Waals surface area contributed by atoms with Gasteiger partial charge in [0.25, 0.3) is 5.91 Å². The van der Waals surface area contributed by atoms with Crippen LogP contribution in [0.25, 0.3) is 0 Å². The van der Waals surface area contributed by atoms with E-state index >= 15 is 0 Å². The highest BCUT2D eigenvalue weighted by Gasteiger charge is 2.36. The van der Waals surface area contributed by atoms with Crippen molar-refractivity contribution in [3.8, 4) is 0 Å². The molecule has 1 amide bonds. The van der Waals surface area contributed by atoms with Crippen LogP contribution in [0.2, 0.25) is 0 Å². The number of amides is 1. The molecule has 1 aliphatic heterocycles. The van der Waals surface area contributed by atoms with E-state index in [1.165, 1.54) is 0 Å². The van der Waals surface area contributed by atoms with Crippen LogP contribution in [-0.2, 0) is 9.53 Å². The molecule has 0 aromatic carbocycles. The van der Waals surface area contributed by atoms with E-state index in [4.69, 9.17) is 4.74 Å². The van der Waals surface area contributed by atoms with Crippen LogP contribution in [0.1, 0.15) is 61.4 Å². The summed E-state index contributed by atoms with van der Waals surface area (Å²) in [5.74, 6) is 0.747. The highest BCUT2D eigenvalue weighted by Crippen LogP contribution is 2.37. The third-order valence-corrected chi connectivity index (χ3v) is 3.98. The van der Waals surface area contributed by atoms with E-state index < -0.39 is 6.04 Å². The fourth-order valence-electron chi connectivity index (χ4n) is 2.70. The van der Waals surface area contributed by atoms with Crippen molar-refractivity contribution in [3.05, 3.63) is 11.6 Å². The maximum absolute atomic E-state index is 12.5. The standard InChI is InChI=1S/C14H20N4O3/c1-2-21-14(20)10-5-3-4-8-18(10)13(19)12-15-11(16-17-12)9-6-7-9/h9-10H,2-8H2,1H3,(H,15,16,17). The molecule has 2 heterocycles. The number of carbonyl (C=O) groups is 2. The third kappa shape index (κ3) is 2.91. The van der Waals surface area contributed by atoms with E-state index in [-0.39, 0.29) is 17.7 Å². The van der Waals surface area contributed by atoms with Gasteiger partial charge in [-0.05, 0) is 39.0 Å². The lowest BCUT2D eigenvalue weighted by Gasteiger charge is -2.33. The summed E-state index contributed by atoms with van der Waals surface area (Å²) in [6, 6.07) is -0.505. The molecular weight excluding hydrogens is 272 g/mol. The van der Waals surface area contributed by atoms with Crippen LogP contribution < -0.4 is 0 Å². The molecule has 2 aliphatic rings. The molecule has 0 radical (unpaired) electrons. The van der Waals surface area contributed by atoms with E-state index in [1.54, 1.807) is 11.8 Å². The number of hydrogen-bond donors (Lipinski definition) is 1. The zero-order valence-electron chi connectivity index (χ0n) is 12.2. The van der Waals surface area contributed by atoms with Crippen molar-refractivity contribution in [1.82, 2.24) is 20.1 Å². The van der Waals surface area contributed by atoms with Crippen molar-refractivity contribution in [2.75, 3.05) is 13.2 Å². The number of nitrogens with zero attached hydrogens (tertiary/aromatic N) is 3. The minimum Gasteiger partial charge on any atom is -0.464 e. The first-order valence-electron chi connectivity index (χ1n) is 7.60. The molecule has 2 fully saturated rings. The molecule has 21 heavy (non-hydrogen) atoms. The maximum atomic E-state index is 12.5. The largest absolute Gasteiger partial charge is 0.464 e. The summed E-state index contributed by atoms with van der Waals surface area (Å²) < 4.78 is 5.07. The number of likely N-dealkylation sites (tertiary alicyclic amines) is 1. The number of nitrogens with one attached hydrogen (secondary N) is 1. The second kappa shape index (κ2) is 5.83. The average molecular weight is 292 g/mol. The van der Waals surface area contributed by atoms with Gasteiger partial charge in [0.1, 0.15) is 11.9 Å². The first-order valence-corrected chi connectivity index (χ1v) is 7.60. The molecule has 3 rings (SSSR count). The lowest BCUT2D eigenvalue weighted by atomic mass is 10.0.